The maximum Gasteiger partial charge on any atom is 0.251 e. The van der Waals surface area contributed by atoms with Crippen LogP contribution in [0.15, 0.2) is 78.9 Å². The number of piperazine rings is 1. The Bertz CT molecular complexity index is 1190. The monoisotopic (exact) mass is 473 g/mol. The molecule has 0 aliphatic carbocycles. The van der Waals surface area contributed by atoms with E-state index in [1.807, 2.05) is 30.3 Å². The Hall–Kier alpha value is -4.20. The van der Waals surface area contributed by atoms with Gasteiger partial charge in [-0.3, -0.25) is 15.0 Å². The fraction of sp³-hybridized carbons (Fsp3) is 0.222. The van der Waals surface area contributed by atoms with Gasteiger partial charge in [0.05, 0.1) is 0 Å². The van der Waals surface area contributed by atoms with Crippen LogP contribution < -0.4 is 16.0 Å². The van der Waals surface area contributed by atoms with Crippen molar-refractivity contribution in [2.24, 2.45) is 5.73 Å². The van der Waals surface area contributed by atoms with Gasteiger partial charge < -0.3 is 20.9 Å². The normalized spacial score (nSPS) is 14.3. The highest BCUT2D eigenvalue weighted by atomic mass is 19.1. The Kier molecular flexibility index (Phi) is 7.40. The molecule has 0 radical (unpaired) electrons. The number of nitrogens with one attached hydrogen (secondary N) is 2. The van der Waals surface area contributed by atoms with Gasteiger partial charge in [0.1, 0.15) is 17.7 Å². The number of nitrogens with two attached hydrogens (primary N) is 1. The topological polar surface area (TPSA) is 103 Å². The Morgan fingerprint density at radius 1 is 0.914 bits per heavy atom. The van der Waals surface area contributed by atoms with Crippen LogP contribution in [-0.2, 0) is 11.2 Å². The van der Waals surface area contributed by atoms with E-state index in [-0.39, 0.29) is 17.6 Å². The summed E-state index contributed by atoms with van der Waals surface area (Å²) in [5.74, 6) is -0.956. The first-order chi connectivity index (χ1) is 16.9. The molecule has 1 aliphatic rings. The van der Waals surface area contributed by atoms with Crippen molar-refractivity contribution in [3.05, 3.63) is 101 Å². The van der Waals surface area contributed by atoms with E-state index < -0.39 is 11.9 Å². The number of carbonyl (C=O) groups excluding carboxylic acids is 2. The van der Waals surface area contributed by atoms with Gasteiger partial charge in [-0.05, 0) is 42.0 Å². The summed E-state index contributed by atoms with van der Waals surface area (Å²) in [6, 6.07) is 21.6. The fourth-order valence-corrected chi connectivity index (χ4v) is 4.18. The van der Waals surface area contributed by atoms with E-state index in [0.717, 1.165) is 11.3 Å². The molecule has 1 saturated heterocycles. The quantitative estimate of drug-likeness (QED) is 0.363. The molecule has 3 aromatic carbocycles. The number of rotatable bonds is 7. The van der Waals surface area contributed by atoms with Crippen molar-refractivity contribution in [1.82, 2.24) is 10.2 Å². The van der Waals surface area contributed by atoms with E-state index in [4.69, 9.17) is 11.1 Å². The zero-order valence-electron chi connectivity index (χ0n) is 19.3. The van der Waals surface area contributed by atoms with Crippen molar-refractivity contribution < 1.29 is 14.0 Å². The van der Waals surface area contributed by atoms with E-state index >= 15 is 0 Å². The SMILES string of the molecule is N=C(N)c1cccc(C(=O)N[C@H](Cc2ccccc2)C(=O)N2CCN(c3ccc(F)cc3)CC2)c1. The minimum atomic E-state index is -0.747. The summed E-state index contributed by atoms with van der Waals surface area (Å²) in [5.41, 5.74) is 8.20. The minimum absolute atomic E-state index is 0.129. The Morgan fingerprint density at radius 2 is 1.57 bits per heavy atom. The molecule has 0 aromatic heterocycles. The lowest BCUT2D eigenvalue weighted by Crippen LogP contribution is -2.55. The number of benzene rings is 3. The average Bonchev–Trinajstić information content (AvgIpc) is 2.89. The smallest absolute Gasteiger partial charge is 0.251 e. The molecule has 35 heavy (non-hydrogen) atoms. The van der Waals surface area contributed by atoms with E-state index in [1.165, 1.54) is 12.1 Å². The molecule has 4 N–H and O–H groups in total. The number of amides is 2. The summed E-state index contributed by atoms with van der Waals surface area (Å²) in [6.07, 6.45) is 0.357. The third-order valence-corrected chi connectivity index (χ3v) is 6.10. The second-order valence-corrected chi connectivity index (χ2v) is 8.50. The number of carbonyl (C=O) groups is 2. The van der Waals surface area contributed by atoms with Gasteiger partial charge in [-0.15, -0.1) is 0 Å². The first-order valence-corrected chi connectivity index (χ1v) is 11.5. The number of amidine groups is 1. The van der Waals surface area contributed by atoms with Crippen LogP contribution in [0.1, 0.15) is 21.5 Å². The molecule has 1 atom stereocenters. The maximum absolute atomic E-state index is 13.5. The Morgan fingerprint density at radius 3 is 2.23 bits per heavy atom. The van der Waals surface area contributed by atoms with Crippen LogP contribution in [0.5, 0.6) is 0 Å². The highest BCUT2D eigenvalue weighted by molar-refractivity contribution is 6.01. The lowest BCUT2D eigenvalue weighted by atomic mass is 10.0. The molecule has 180 valence electrons. The van der Waals surface area contributed by atoms with Gasteiger partial charge in [-0.2, -0.15) is 0 Å². The summed E-state index contributed by atoms with van der Waals surface area (Å²) < 4.78 is 13.3. The summed E-state index contributed by atoms with van der Waals surface area (Å²) >= 11 is 0. The lowest BCUT2D eigenvalue weighted by Gasteiger charge is -2.37. The van der Waals surface area contributed by atoms with Crippen LogP contribution in [0.2, 0.25) is 0 Å². The van der Waals surface area contributed by atoms with Gasteiger partial charge in [0.25, 0.3) is 5.91 Å². The molecule has 0 spiro atoms. The van der Waals surface area contributed by atoms with E-state index in [9.17, 15) is 14.0 Å². The van der Waals surface area contributed by atoms with E-state index in [0.29, 0.717) is 43.7 Å². The largest absolute Gasteiger partial charge is 0.384 e. The zero-order valence-corrected chi connectivity index (χ0v) is 19.3. The van der Waals surface area contributed by atoms with Crippen molar-refractivity contribution in [3.63, 3.8) is 0 Å². The zero-order chi connectivity index (χ0) is 24.8. The number of nitrogens with zero attached hydrogens (tertiary/aromatic N) is 2. The molecule has 0 bridgehead atoms. The van der Waals surface area contributed by atoms with Crippen LogP contribution in [0.4, 0.5) is 10.1 Å². The van der Waals surface area contributed by atoms with Gasteiger partial charge >= 0.3 is 0 Å². The molecule has 1 fully saturated rings. The number of hydrogen-bond donors (Lipinski definition) is 3. The van der Waals surface area contributed by atoms with Gasteiger partial charge in [-0.25, -0.2) is 4.39 Å². The highest BCUT2D eigenvalue weighted by Crippen LogP contribution is 2.18. The molecule has 7 nitrogen and oxygen atoms in total. The van der Waals surface area contributed by atoms with Crippen molar-refractivity contribution in [2.75, 3.05) is 31.1 Å². The van der Waals surface area contributed by atoms with Crippen LogP contribution in [0.25, 0.3) is 0 Å². The fourth-order valence-electron chi connectivity index (χ4n) is 4.18. The number of anilines is 1. The molecule has 2 amide bonds. The van der Waals surface area contributed by atoms with E-state index in [2.05, 4.69) is 10.2 Å². The summed E-state index contributed by atoms with van der Waals surface area (Å²) in [4.78, 5) is 30.4. The predicted molar refractivity (Wildman–Crippen MR) is 134 cm³/mol. The highest BCUT2D eigenvalue weighted by Gasteiger charge is 2.29. The van der Waals surface area contributed by atoms with Gasteiger partial charge in [-0.1, -0.05) is 42.5 Å². The third-order valence-electron chi connectivity index (χ3n) is 6.10. The van der Waals surface area contributed by atoms with Crippen molar-refractivity contribution >= 4 is 23.3 Å². The minimum Gasteiger partial charge on any atom is -0.384 e. The summed E-state index contributed by atoms with van der Waals surface area (Å²) in [6.45, 7) is 2.22. The number of nitrogen functional groups attached to an aromatic ring is 1. The molecular weight excluding hydrogens is 445 g/mol. The first-order valence-electron chi connectivity index (χ1n) is 11.5. The molecule has 8 heteroatoms. The molecule has 1 heterocycles. The van der Waals surface area contributed by atoms with E-state index in [1.54, 1.807) is 41.3 Å². The molecule has 4 rings (SSSR count). The van der Waals surface area contributed by atoms with Crippen molar-refractivity contribution in [3.8, 4) is 0 Å². The van der Waals surface area contributed by atoms with Crippen LogP contribution in [-0.4, -0.2) is 54.8 Å². The Labute approximate surface area is 203 Å². The van der Waals surface area contributed by atoms with Crippen LogP contribution >= 0.6 is 0 Å². The molecule has 3 aromatic rings. The van der Waals surface area contributed by atoms with Crippen LogP contribution in [0, 0.1) is 11.2 Å². The van der Waals surface area contributed by atoms with Gasteiger partial charge in [0, 0.05) is 49.4 Å². The van der Waals surface area contributed by atoms with Gasteiger partial charge in [0.2, 0.25) is 5.91 Å². The lowest BCUT2D eigenvalue weighted by molar-refractivity contribution is -0.133. The molecule has 0 unspecified atom stereocenters. The molecule has 1 aliphatic heterocycles. The molecule has 0 saturated carbocycles. The standard InChI is InChI=1S/C27H28FN5O2/c28-22-9-11-23(12-10-22)32-13-15-33(16-14-32)27(35)24(17-19-5-2-1-3-6-19)31-26(34)21-8-4-7-20(18-21)25(29)30/h1-12,18,24H,13-17H2,(H3,29,30)(H,31,34)/t24-/m1/s1. The third kappa shape index (κ3) is 6.03. The second-order valence-electron chi connectivity index (χ2n) is 8.50. The summed E-state index contributed by atoms with van der Waals surface area (Å²) in [5, 5.41) is 10.5. The first kappa shape index (κ1) is 23.9. The summed E-state index contributed by atoms with van der Waals surface area (Å²) in [7, 11) is 0. The average molecular weight is 474 g/mol. The number of halogens is 1. The molecular formula is C27H28FN5O2. The Balaban J connectivity index is 1.47. The van der Waals surface area contributed by atoms with Crippen LogP contribution in [0.3, 0.4) is 0 Å². The predicted octanol–water partition coefficient (Wildman–Crippen LogP) is 2.80. The second kappa shape index (κ2) is 10.8. The van der Waals surface area contributed by atoms with Crippen molar-refractivity contribution in [2.45, 2.75) is 12.5 Å². The number of hydrogen-bond acceptors (Lipinski definition) is 4. The van der Waals surface area contributed by atoms with Crippen molar-refractivity contribution in [1.29, 1.82) is 5.41 Å². The van der Waals surface area contributed by atoms with Gasteiger partial charge in [0.15, 0.2) is 0 Å². The maximum atomic E-state index is 13.5.